The fourth-order valence-corrected chi connectivity index (χ4v) is 4.70. The highest BCUT2D eigenvalue weighted by atomic mass is 16.2. The highest BCUT2D eigenvalue weighted by Crippen LogP contribution is 2.50. The summed E-state index contributed by atoms with van der Waals surface area (Å²) in [5.74, 6) is 2.77. The standard InChI is InChI=1S/C18H25N5O/c1-4-15-21-18(16(24)23(15)5-2)7-6-13-10-22(11-14(13)18)17-19-8-12(3)9-20-17/h8-9,13-14H,4-7,10-11H2,1-3H3/t13-,14+,18-/m1/s1. The molecule has 0 unspecified atom stereocenters. The van der Waals surface area contributed by atoms with Crippen molar-refractivity contribution in [2.24, 2.45) is 16.8 Å². The molecule has 3 atom stereocenters. The number of anilines is 1. The van der Waals surface area contributed by atoms with Gasteiger partial charge in [-0.3, -0.25) is 14.7 Å². The topological polar surface area (TPSA) is 61.7 Å². The first-order valence-electron chi connectivity index (χ1n) is 9.03. The second-order valence-corrected chi connectivity index (χ2v) is 7.23. The smallest absolute Gasteiger partial charge is 0.256 e. The van der Waals surface area contributed by atoms with Crippen LogP contribution < -0.4 is 4.90 Å². The normalized spacial score (nSPS) is 32.0. The van der Waals surface area contributed by atoms with Gasteiger partial charge in [0.15, 0.2) is 0 Å². The lowest BCUT2D eigenvalue weighted by molar-refractivity contribution is -0.132. The summed E-state index contributed by atoms with van der Waals surface area (Å²) in [5, 5.41) is 0. The second-order valence-electron chi connectivity index (χ2n) is 7.23. The first-order chi connectivity index (χ1) is 11.6. The minimum Gasteiger partial charge on any atom is -0.340 e. The second kappa shape index (κ2) is 5.53. The zero-order valence-corrected chi connectivity index (χ0v) is 14.7. The van der Waals surface area contributed by atoms with Gasteiger partial charge >= 0.3 is 0 Å². The molecule has 24 heavy (non-hydrogen) atoms. The Morgan fingerprint density at radius 1 is 1.25 bits per heavy atom. The third kappa shape index (κ3) is 2.08. The Hall–Kier alpha value is -1.98. The van der Waals surface area contributed by atoms with Crippen molar-refractivity contribution in [2.75, 3.05) is 24.5 Å². The molecule has 3 aliphatic rings. The molecule has 6 heteroatoms. The molecule has 1 saturated heterocycles. The van der Waals surface area contributed by atoms with E-state index >= 15 is 0 Å². The van der Waals surface area contributed by atoms with Gasteiger partial charge in [-0.15, -0.1) is 0 Å². The van der Waals surface area contributed by atoms with Crippen LogP contribution in [-0.4, -0.2) is 51.8 Å². The first-order valence-corrected chi connectivity index (χ1v) is 9.03. The summed E-state index contributed by atoms with van der Waals surface area (Å²) in [6, 6.07) is 0. The van der Waals surface area contributed by atoms with Gasteiger partial charge in [0.05, 0.1) is 0 Å². The lowest BCUT2D eigenvalue weighted by Crippen LogP contribution is -2.46. The van der Waals surface area contributed by atoms with E-state index in [0.29, 0.717) is 5.92 Å². The van der Waals surface area contributed by atoms with Crippen molar-refractivity contribution >= 4 is 17.7 Å². The molecule has 1 aromatic heterocycles. The maximum Gasteiger partial charge on any atom is 0.256 e. The number of fused-ring (bicyclic) bond motifs is 2. The van der Waals surface area contributed by atoms with Crippen molar-refractivity contribution in [1.82, 2.24) is 14.9 Å². The Kier molecular flexibility index (Phi) is 3.58. The Bertz CT molecular complexity index is 685. The largest absolute Gasteiger partial charge is 0.340 e. The molecule has 2 fully saturated rings. The monoisotopic (exact) mass is 327 g/mol. The Morgan fingerprint density at radius 2 is 2.00 bits per heavy atom. The van der Waals surface area contributed by atoms with E-state index in [1.165, 1.54) is 0 Å². The predicted octanol–water partition coefficient (Wildman–Crippen LogP) is 2.04. The van der Waals surface area contributed by atoms with Gasteiger partial charge < -0.3 is 4.90 Å². The minimum absolute atomic E-state index is 0.223. The number of nitrogens with zero attached hydrogens (tertiary/aromatic N) is 5. The molecule has 4 rings (SSSR count). The number of hydrogen-bond acceptors (Lipinski definition) is 5. The van der Waals surface area contributed by atoms with Crippen LogP contribution in [0.15, 0.2) is 17.4 Å². The van der Waals surface area contributed by atoms with Gasteiger partial charge in [-0.05, 0) is 38.2 Å². The molecule has 1 aromatic rings. The molecule has 3 heterocycles. The van der Waals surface area contributed by atoms with Crippen LogP contribution >= 0.6 is 0 Å². The maximum atomic E-state index is 13.1. The van der Waals surface area contributed by atoms with E-state index < -0.39 is 5.54 Å². The van der Waals surface area contributed by atoms with Crippen LogP contribution in [0.1, 0.15) is 38.7 Å². The van der Waals surface area contributed by atoms with Crippen molar-refractivity contribution in [3.05, 3.63) is 18.0 Å². The maximum absolute atomic E-state index is 13.1. The molecule has 1 saturated carbocycles. The molecule has 0 radical (unpaired) electrons. The van der Waals surface area contributed by atoms with Crippen LogP contribution in [0.3, 0.4) is 0 Å². The summed E-state index contributed by atoms with van der Waals surface area (Å²) in [6.07, 6.45) is 6.50. The van der Waals surface area contributed by atoms with Crippen molar-refractivity contribution in [3.8, 4) is 0 Å². The number of aryl methyl sites for hydroxylation is 1. The molecule has 0 bridgehead atoms. The SMILES string of the molecule is CCC1=N[C@@]2(CC[C@@H]3CN(c4ncc(C)cn4)C[C@@H]32)C(=O)N1CC. The Morgan fingerprint density at radius 3 is 2.62 bits per heavy atom. The molecular weight excluding hydrogens is 302 g/mol. The number of likely N-dealkylation sites (N-methyl/N-ethyl adjacent to an activating group) is 1. The average Bonchev–Trinajstić information content (AvgIpc) is 3.23. The van der Waals surface area contributed by atoms with Crippen LogP contribution in [0.5, 0.6) is 0 Å². The molecule has 0 aromatic carbocycles. The van der Waals surface area contributed by atoms with E-state index in [9.17, 15) is 4.79 Å². The van der Waals surface area contributed by atoms with Gasteiger partial charge in [-0.1, -0.05) is 6.92 Å². The molecule has 0 N–H and O–H groups in total. The number of carbonyl (C=O) groups excluding carboxylic acids is 1. The summed E-state index contributed by atoms with van der Waals surface area (Å²) in [6.45, 7) is 8.60. The van der Waals surface area contributed by atoms with Gasteiger partial charge in [0.25, 0.3) is 5.91 Å². The number of carbonyl (C=O) groups is 1. The zero-order valence-electron chi connectivity index (χ0n) is 14.7. The molecule has 128 valence electrons. The van der Waals surface area contributed by atoms with Crippen LogP contribution in [-0.2, 0) is 4.79 Å². The van der Waals surface area contributed by atoms with E-state index in [-0.39, 0.29) is 11.8 Å². The summed E-state index contributed by atoms with van der Waals surface area (Å²) in [4.78, 5) is 31.2. The van der Waals surface area contributed by atoms with Gasteiger partial charge in [0, 0.05) is 44.4 Å². The quantitative estimate of drug-likeness (QED) is 0.852. The molecule has 1 aliphatic carbocycles. The fraction of sp³-hybridized carbons (Fsp3) is 0.667. The highest BCUT2D eigenvalue weighted by Gasteiger charge is 2.60. The lowest BCUT2D eigenvalue weighted by Gasteiger charge is -2.27. The van der Waals surface area contributed by atoms with Gasteiger partial charge in [-0.25, -0.2) is 9.97 Å². The van der Waals surface area contributed by atoms with Crippen molar-refractivity contribution in [1.29, 1.82) is 0 Å². The third-order valence-corrected chi connectivity index (χ3v) is 5.89. The number of amides is 1. The number of aliphatic imine (C=N–C) groups is 1. The van der Waals surface area contributed by atoms with E-state index in [1.807, 2.05) is 31.1 Å². The van der Waals surface area contributed by atoms with Crippen LogP contribution in [0, 0.1) is 18.8 Å². The summed E-state index contributed by atoms with van der Waals surface area (Å²) >= 11 is 0. The number of rotatable bonds is 3. The predicted molar refractivity (Wildman–Crippen MR) is 93.0 cm³/mol. The lowest BCUT2D eigenvalue weighted by atomic mass is 9.85. The van der Waals surface area contributed by atoms with Gasteiger partial charge in [0.2, 0.25) is 5.95 Å². The van der Waals surface area contributed by atoms with Crippen LogP contribution in [0.4, 0.5) is 5.95 Å². The fourth-order valence-electron chi connectivity index (χ4n) is 4.70. The van der Waals surface area contributed by atoms with E-state index in [4.69, 9.17) is 4.99 Å². The highest BCUT2D eigenvalue weighted by molar-refractivity contribution is 6.08. The van der Waals surface area contributed by atoms with E-state index in [1.54, 1.807) is 0 Å². The zero-order chi connectivity index (χ0) is 16.9. The number of hydrogen-bond donors (Lipinski definition) is 0. The minimum atomic E-state index is -0.522. The van der Waals surface area contributed by atoms with E-state index in [2.05, 4.69) is 21.8 Å². The molecule has 1 amide bonds. The Labute approximate surface area is 143 Å². The van der Waals surface area contributed by atoms with Crippen LogP contribution in [0.25, 0.3) is 0 Å². The molecular formula is C18H25N5O. The number of aromatic nitrogens is 2. The number of amidine groups is 1. The molecule has 2 aliphatic heterocycles. The summed E-state index contributed by atoms with van der Waals surface area (Å²) in [5.41, 5.74) is 0.544. The first kappa shape index (κ1) is 15.5. The summed E-state index contributed by atoms with van der Waals surface area (Å²) in [7, 11) is 0. The average molecular weight is 327 g/mol. The van der Waals surface area contributed by atoms with Gasteiger partial charge in [0.1, 0.15) is 11.4 Å². The van der Waals surface area contributed by atoms with E-state index in [0.717, 1.165) is 56.2 Å². The van der Waals surface area contributed by atoms with Crippen molar-refractivity contribution in [3.63, 3.8) is 0 Å². The molecule has 1 spiro atoms. The summed E-state index contributed by atoms with van der Waals surface area (Å²) < 4.78 is 0. The van der Waals surface area contributed by atoms with Crippen LogP contribution in [0.2, 0.25) is 0 Å². The van der Waals surface area contributed by atoms with Gasteiger partial charge in [-0.2, -0.15) is 0 Å². The Balaban J connectivity index is 1.62. The van der Waals surface area contributed by atoms with Crippen molar-refractivity contribution < 1.29 is 4.79 Å². The van der Waals surface area contributed by atoms with Crippen molar-refractivity contribution in [2.45, 2.75) is 45.6 Å². The third-order valence-electron chi connectivity index (χ3n) is 5.89. The molecule has 6 nitrogen and oxygen atoms in total.